The molecule has 0 amide bonds. The molecule has 1 unspecified atom stereocenters. The van der Waals surface area contributed by atoms with Gasteiger partial charge in [0.2, 0.25) is 5.79 Å². The van der Waals surface area contributed by atoms with E-state index in [0.29, 0.717) is 21.8 Å². The number of cyclic esters (lactones) is 1. The Bertz CT molecular complexity index is 780. The molecule has 1 atom stereocenters. The fourth-order valence-corrected chi connectivity index (χ4v) is 3.03. The molecule has 0 bridgehead atoms. The Balaban J connectivity index is 2.16. The lowest BCUT2D eigenvalue weighted by molar-refractivity contribution is -0.127. The third kappa shape index (κ3) is 2.64. The van der Waals surface area contributed by atoms with Gasteiger partial charge in [-0.05, 0) is 29.3 Å². The standard InChI is InChI=1S/C17H16O4S/c1-17(2)20-14-9-5-8-13(15(14)16(18)21-17)11-6-4-7-12(10-11)22(3)19/h4-10H,1-3H3. The second kappa shape index (κ2) is 5.25. The highest BCUT2D eigenvalue weighted by Crippen LogP contribution is 2.37. The number of rotatable bonds is 2. The molecule has 0 fully saturated rings. The maximum Gasteiger partial charge on any atom is 0.345 e. The van der Waals surface area contributed by atoms with Crippen LogP contribution in [0.25, 0.3) is 11.1 Å². The molecule has 2 aromatic carbocycles. The van der Waals surface area contributed by atoms with E-state index in [1.807, 2.05) is 30.3 Å². The van der Waals surface area contributed by atoms with Gasteiger partial charge in [0.05, 0.1) is 0 Å². The van der Waals surface area contributed by atoms with E-state index in [2.05, 4.69) is 0 Å². The zero-order valence-corrected chi connectivity index (χ0v) is 13.4. The highest BCUT2D eigenvalue weighted by molar-refractivity contribution is 7.84. The average Bonchev–Trinajstić information content (AvgIpc) is 2.45. The fourth-order valence-electron chi connectivity index (χ4n) is 2.47. The molecule has 3 rings (SSSR count). The maximum atomic E-state index is 12.4. The number of hydrogen-bond acceptors (Lipinski definition) is 4. The van der Waals surface area contributed by atoms with Crippen molar-refractivity contribution in [2.24, 2.45) is 0 Å². The van der Waals surface area contributed by atoms with Gasteiger partial charge in [-0.3, -0.25) is 4.21 Å². The predicted molar refractivity (Wildman–Crippen MR) is 84.3 cm³/mol. The van der Waals surface area contributed by atoms with Gasteiger partial charge < -0.3 is 9.47 Å². The van der Waals surface area contributed by atoms with Gasteiger partial charge in [-0.25, -0.2) is 4.79 Å². The lowest BCUT2D eigenvalue weighted by Crippen LogP contribution is -2.39. The van der Waals surface area contributed by atoms with E-state index in [1.54, 1.807) is 32.2 Å². The summed E-state index contributed by atoms with van der Waals surface area (Å²) in [6, 6.07) is 12.7. The highest BCUT2D eigenvalue weighted by atomic mass is 32.2. The number of carbonyl (C=O) groups excluding carboxylic acids is 1. The van der Waals surface area contributed by atoms with Crippen molar-refractivity contribution in [3.63, 3.8) is 0 Å². The fraction of sp³-hybridized carbons (Fsp3) is 0.235. The first-order valence-corrected chi connectivity index (χ1v) is 8.42. The van der Waals surface area contributed by atoms with Crippen LogP contribution in [-0.4, -0.2) is 22.2 Å². The first kappa shape index (κ1) is 14.8. The van der Waals surface area contributed by atoms with Crippen molar-refractivity contribution in [3.05, 3.63) is 48.0 Å². The van der Waals surface area contributed by atoms with Crippen molar-refractivity contribution in [2.75, 3.05) is 6.26 Å². The van der Waals surface area contributed by atoms with Crippen LogP contribution in [0, 0.1) is 0 Å². The molecule has 1 heterocycles. The van der Waals surface area contributed by atoms with Gasteiger partial charge in [0.15, 0.2) is 0 Å². The molecule has 2 aromatic rings. The summed E-state index contributed by atoms with van der Waals surface area (Å²) in [5.74, 6) is -0.887. The highest BCUT2D eigenvalue weighted by Gasteiger charge is 2.35. The number of hydrogen-bond donors (Lipinski definition) is 0. The third-order valence-electron chi connectivity index (χ3n) is 3.40. The minimum atomic E-state index is -1.08. The number of fused-ring (bicyclic) bond motifs is 1. The summed E-state index contributed by atoms with van der Waals surface area (Å²) in [6.45, 7) is 3.39. The molecule has 0 saturated carbocycles. The summed E-state index contributed by atoms with van der Waals surface area (Å²) in [4.78, 5) is 13.1. The molecular weight excluding hydrogens is 300 g/mol. The Hall–Kier alpha value is -2.14. The van der Waals surface area contributed by atoms with Crippen molar-refractivity contribution in [2.45, 2.75) is 24.5 Å². The van der Waals surface area contributed by atoms with Crippen LogP contribution in [0.3, 0.4) is 0 Å². The average molecular weight is 316 g/mol. The number of carbonyl (C=O) groups is 1. The Morgan fingerprint density at radius 2 is 1.77 bits per heavy atom. The summed E-state index contributed by atoms with van der Waals surface area (Å²) >= 11 is 0. The molecule has 4 nitrogen and oxygen atoms in total. The summed E-state index contributed by atoms with van der Waals surface area (Å²) in [6.07, 6.45) is 1.62. The van der Waals surface area contributed by atoms with E-state index in [1.165, 1.54) is 0 Å². The van der Waals surface area contributed by atoms with Gasteiger partial charge >= 0.3 is 5.97 Å². The van der Waals surface area contributed by atoms with Crippen molar-refractivity contribution in [3.8, 4) is 16.9 Å². The first-order valence-electron chi connectivity index (χ1n) is 6.87. The molecular formula is C17H16O4S. The van der Waals surface area contributed by atoms with Crippen molar-refractivity contribution in [1.29, 1.82) is 0 Å². The zero-order chi connectivity index (χ0) is 15.9. The maximum absolute atomic E-state index is 12.4. The van der Waals surface area contributed by atoms with Crippen LogP contribution in [0.5, 0.6) is 5.75 Å². The second-order valence-corrected chi connectivity index (χ2v) is 6.93. The van der Waals surface area contributed by atoms with Crippen LogP contribution >= 0.6 is 0 Å². The van der Waals surface area contributed by atoms with Crippen LogP contribution in [0.15, 0.2) is 47.4 Å². The SMILES string of the molecule is CS(=O)c1cccc(-c2cccc3c2C(=O)OC(C)(C)O3)c1. The number of esters is 1. The van der Waals surface area contributed by atoms with E-state index in [9.17, 15) is 9.00 Å². The van der Waals surface area contributed by atoms with Crippen molar-refractivity contribution in [1.82, 2.24) is 0 Å². The molecule has 0 saturated heterocycles. The van der Waals surface area contributed by atoms with E-state index >= 15 is 0 Å². The van der Waals surface area contributed by atoms with Crippen LogP contribution in [0.2, 0.25) is 0 Å². The van der Waals surface area contributed by atoms with Gasteiger partial charge in [-0.15, -0.1) is 0 Å². The topological polar surface area (TPSA) is 52.6 Å². The zero-order valence-electron chi connectivity index (χ0n) is 12.6. The molecule has 0 spiro atoms. The van der Waals surface area contributed by atoms with Crippen molar-refractivity contribution < 1.29 is 18.5 Å². The van der Waals surface area contributed by atoms with Gasteiger partial charge in [-0.1, -0.05) is 24.3 Å². The largest absolute Gasteiger partial charge is 0.452 e. The van der Waals surface area contributed by atoms with Crippen LogP contribution in [-0.2, 0) is 15.5 Å². The Morgan fingerprint density at radius 3 is 2.50 bits per heavy atom. The molecule has 5 heteroatoms. The Kier molecular flexibility index (Phi) is 3.53. The minimum absolute atomic E-state index is 0.404. The van der Waals surface area contributed by atoms with E-state index in [4.69, 9.17) is 9.47 Å². The van der Waals surface area contributed by atoms with E-state index in [-0.39, 0.29) is 0 Å². The second-order valence-electron chi connectivity index (χ2n) is 5.55. The lowest BCUT2D eigenvalue weighted by Gasteiger charge is -2.32. The molecule has 0 radical (unpaired) electrons. The minimum Gasteiger partial charge on any atom is -0.452 e. The van der Waals surface area contributed by atoms with Gasteiger partial charge in [-0.2, -0.15) is 0 Å². The molecule has 22 heavy (non-hydrogen) atoms. The summed E-state index contributed by atoms with van der Waals surface area (Å²) in [7, 11) is -1.08. The van der Waals surface area contributed by atoms with E-state index < -0.39 is 22.6 Å². The van der Waals surface area contributed by atoms with Crippen molar-refractivity contribution >= 4 is 16.8 Å². The predicted octanol–water partition coefficient (Wildman–Crippen LogP) is 3.38. The van der Waals surface area contributed by atoms with Crippen LogP contribution in [0.1, 0.15) is 24.2 Å². The number of ether oxygens (including phenoxy) is 2. The smallest absolute Gasteiger partial charge is 0.345 e. The Labute approximate surface area is 131 Å². The quantitative estimate of drug-likeness (QED) is 0.797. The number of benzene rings is 2. The Morgan fingerprint density at radius 1 is 1.05 bits per heavy atom. The molecule has 1 aliphatic heterocycles. The molecule has 1 aliphatic rings. The molecule has 0 N–H and O–H groups in total. The van der Waals surface area contributed by atoms with Crippen LogP contribution in [0.4, 0.5) is 0 Å². The lowest BCUT2D eigenvalue weighted by atomic mass is 9.98. The van der Waals surface area contributed by atoms with Gasteiger partial charge in [0.1, 0.15) is 11.3 Å². The third-order valence-corrected chi connectivity index (χ3v) is 4.32. The summed E-state index contributed by atoms with van der Waals surface area (Å²) in [5, 5.41) is 0. The molecule has 0 aliphatic carbocycles. The van der Waals surface area contributed by atoms with E-state index in [0.717, 1.165) is 5.56 Å². The van der Waals surface area contributed by atoms with Gasteiger partial charge in [0, 0.05) is 35.8 Å². The van der Waals surface area contributed by atoms with Crippen LogP contribution < -0.4 is 4.74 Å². The normalized spacial score (nSPS) is 17.1. The van der Waals surface area contributed by atoms with Gasteiger partial charge in [0.25, 0.3) is 0 Å². The summed E-state index contributed by atoms with van der Waals surface area (Å²) < 4.78 is 22.7. The summed E-state index contributed by atoms with van der Waals surface area (Å²) in [5.41, 5.74) is 1.93. The monoisotopic (exact) mass is 316 g/mol. The molecule has 0 aromatic heterocycles. The first-order chi connectivity index (χ1) is 10.4. The molecule has 114 valence electrons.